The van der Waals surface area contributed by atoms with Crippen molar-refractivity contribution >= 4 is 40.7 Å². The van der Waals surface area contributed by atoms with E-state index in [-0.39, 0.29) is 24.8 Å². The van der Waals surface area contributed by atoms with Crippen molar-refractivity contribution in [2.24, 2.45) is 5.92 Å². The normalized spacial score (nSPS) is 20.4. The first-order valence-corrected chi connectivity index (χ1v) is 8.87. The lowest BCUT2D eigenvalue weighted by Crippen LogP contribution is -2.46. The first-order chi connectivity index (χ1) is 10.3. The molecule has 1 N–H and O–H groups in total. The Kier molecular flexibility index (Phi) is 9.24. The van der Waals surface area contributed by atoms with E-state index < -0.39 is 0 Å². The maximum absolute atomic E-state index is 5.38. The summed E-state index contributed by atoms with van der Waals surface area (Å²) >= 11 is 3.65. The summed E-state index contributed by atoms with van der Waals surface area (Å²) in [7, 11) is 1.73. The molecule has 1 aliphatic heterocycles. The van der Waals surface area contributed by atoms with Gasteiger partial charge in [-0.2, -0.15) is 0 Å². The summed E-state index contributed by atoms with van der Waals surface area (Å²) in [4.78, 5) is 2.68. The number of piperazine rings is 1. The number of hydrogen-bond acceptors (Lipinski definition) is 3. The monoisotopic (exact) mass is 424 g/mol. The van der Waals surface area contributed by atoms with Gasteiger partial charge in [0.1, 0.15) is 5.75 Å². The Morgan fingerprint density at radius 3 is 2.39 bits per heavy atom. The Bertz CT molecular complexity index is 478. The van der Waals surface area contributed by atoms with Gasteiger partial charge in [0, 0.05) is 32.2 Å². The second kappa shape index (κ2) is 10.1. The van der Waals surface area contributed by atoms with Crippen LogP contribution in [0.25, 0.3) is 0 Å². The van der Waals surface area contributed by atoms with Crippen LogP contribution in [0.1, 0.15) is 37.3 Å². The molecule has 0 radical (unpaired) electrons. The minimum Gasteiger partial charge on any atom is -0.496 e. The lowest BCUT2D eigenvalue weighted by atomic mass is 9.89. The van der Waals surface area contributed by atoms with E-state index in [0.29, 0.717) is 6.04 Å². The van der Waals surface area contributed by atoms with Gasteiger partial charge >= 0.3 is 0 Å². The van der Waals surface area contributed by atoms with Crippen molar-refractivity contribution in [3.8, 4) is 5.75 Å². The molecule has 1 saturated carbocycles. The van der Waals surface area contributed by atoms with Crippen molar-refractivity contribution in [2.75, 3.05) is 33.3 Å². The van der Waals surface area contributed by atoms with Crippen LogP contribution in [0.3, 0.4) is 0 Å². The lowest BCUT2D eigenvalue weighted by Gasteiger charge is -2.38. The highest BCUT2D eigenvalue weighted by Crippen LogP contribution is 2.41. The highest BCUT2D eigenvalue weighted by molar-refractivity contribution is 9.10. The van der Waals surface area contributed by atoms with Crippen LogP contribution in [-0.2, 0) is 0 Å². The molecule has 132 valence electrons. The fourth-order valence-electron chi connectivity index (χ4n) is 3.88. The van der Waals surface area contributed by atoms with Crippen molar-refractivity contribution in [3.05, 3.63) is 28.2 Å². The molecule has 3 nitrogen and oxygen atoms in total. The van der Waals surface area contributed by atoms with Gasteiger partial charge in [0.2, 0.25) is 0 Å². The van der Waals surface area contributed by atoms with E-state index in [9.17, 15) is 0 Å². The number of nitrogens with zero attached hydrogens (tertiary/aromatic N) is 1. The van der Waals surface area contributed by atoms with Crippen molar-refractivity contribution in [1.29, 1.82) is 0 Å². The minimum atomic E-state index is 0. The van der Waals surface area contributed by atoms with E-state index in [2.05, 4.69) is 44.3 Å². The third kappa shape index (κ3) is 4.99. The highest BCUT2D eigenvalue weighted by atomic mass is 79.9. The molecule has 1 saturated heterocycles. The maximum Gasteiger partial charge on any atom is 0.133 e. The molecule has 1 aromatic rings. The van der Waals surface area contributed by atoms with E-state index >= 15 is 0 Å². The summed E-state index contributed by atoms with van der Waals surface area (Å²) in [5.74, 6) is 1.73. The Morgan fingerprint density at radius 1 is 1.17 bits per heavy atom. The summed E-state index contributed by atoms with van der Waals surface area (Å²) in [6.45, 7) is 4.54. The van der Waals surface area contributed by atoms with E-state index in [1.54, 1.807) is 7.11 Å². The topological polar surface area (TPSA) is 24.5 Å². The average molecular weight is 426 g/mol. The molecule has 0 aromatic heterocycles. The summed E-state index contributed by atoms with van der Waals surface area (Å²) in [5, 5.41) is 3.47. The summed E-state index contributed by atoms with van der Waals surface area (Å²) in [5.41, 5.74) is 1.44. The first kappa shape index (κ1) is 21.0. The number of methoxy groups -OCH3 is 1. The molecule has 1 atom stereocenters. The molecule has 0 spiro atoms. The molecule has 1 heterocycles. The Hall–Kier alpha value is -0.000000000000000111. The summed E-state index contributed by atoms with van der Waals surface area (Å²) in [6, 6.07) is 7.19. The van der Waals surface area contributed by atoms with Gasteiger partial charge in [-0.15, -0.1) is 24.8 Å². The molecular weight excluding hydrogens is 399 g/mol. The second-order valence-corrected chi connectivity index (χ2v) is 7.02. The van der Waals surface area contributed by atoms with Crippen LogP contribution in [0.4, 0.5) is 0 Å². The number of rotatable bonds is 4. The van der Waals surface area contributed by atoms with Gasteiger partial charge in [0.05, 0.1) is 11.6 Å². The SMILES string of the molecule is COc1ccc([C@H](C2CCCC2)N2CCNCC2)cc1Br.Cl.Cl. The summed E-state index contributed by atoms with van der Waals surface area (Å²) < 4.78 is 6.45. The molecule has 0 bridgehead atoms. The Balaban J connectivity index is 0.00000132. The fourth-order valence-corrected chi connectivity index (χ4v) is 4.44. The van der Waals surface area contributed by atoms with Crippen molar-refractivity contribution in [3.63, 3.8) is 0 Å². The summed E-state index contributed by atoms with van der Waals surface area (Å²) in [6.07, 6.45) is 5.53. The number of halogens is 3. The maximum atomic E-state index is 5.38. The zero-order chi connectivity index (χ0) is 14.7. The van der Waals surface area contributed by atoms with Gasteiger partial charge in [-0.3, -0.25) is 4.90 Å². The van der Waals surface area contributed by atoms with Gasteiger partial charge in [-0.05, 0) is 52.4 Å². The molecule has 1 aromatic carbocycles. The number of hydrogen-bond donors (Lipinski definition) is 1. The Labute approximate surface area is 160 Å². The van der Waals surface area contributed by atoms with Crippen LogP contribution < -0.4 is 10.1 Å². The van der Waals surface area contributed by atoms with E-state index in [0.717, 1.165) is 42.3 Å². The molecular formula is C17H27BrCl2N2O. The molecule has 23 heavy (non-hydrogen) atoms. The zero-order valence-electron chi connectivity index (χ0n) is 13.6. The molecule has 1 aliphatic carbocycles. The van der Waals surface area contributed by atoms with Crippen LogP contribution in [0.2, 0.25) is 0 Å². The van der Waals surface area contributed by atoms with Gasteiger partial charge in [-0.25, -0.2) is 0 Å². The molecule has 2 fully saturated rings. The van der Waals surface area contributed by atoms with Crippen molar-refractivity contribution in [1.82, 2.24) is 10.2 Å². The van der Waals surface area contributed by atoms with Crippen LogP contribution in [0, 0.1) is 5.92 Å². The average Bonchev–Trinajstić information content (AvgIpc) is 3.03. The smallest absolute Gasteiger partial charge is 0.133 e. The van der Waals surface area contributed by atoms with E-state index in [1.165, 1.54) is 31.2 Å². The number of benzene rings is 1. The molecule has 0 amide bonds. The van der Waals surface area contributed by atoms with E-state index in [4.69, 9.17) is 4.74 Å². The van der Waals surface area contributed by atoms with Gasteiger partial charge in [0.25, 0.3) is 0 Å². The van der Waals surface area contributed by atoms with Crippen LogP contribution in [0.15, 0.2) is 22.7 Å². The van der Waals surface area contributed by atoms with Crippen LogP contribution in [-0.4, -0.2) is 38.2 Å². The quantitative estimate of drug-likeness (QED) is 0.771. The van der Waals surface area contributed by atoms with Crippen molar-refractivity contribution < 1.29 is 4.74 Å². The predicted octanol–water partition coefficient (Wildman–Crippen LogP) is 4.44. The third-order valence-corrected chi connectivity index (χ3v) is 5.53. The zero-order valence-corrected chi connectivity index (χ0v) is 16.8. The van der Waals surface area contributed by atoms with Gasteiger partial charge in [0.15, 0.2) is 0 Å². The van der Waals surface area contributed by atoms with Gasteiger partial charge < -0.3 is 10.1 Å². The molecule has 3 rings (SSSR count). The minimum absolute atomic E-state index is 0. The van der Waals surface area contributed by atoms with Crippen LogP contribution in [0.5, 0.6) is 5.75 Å². The molecule has 6 heteroatoms. The molecule has 0 unspecified atom stereocenters. The van der Waals surface area contributed by atoms with Gasteiger partial charge in [-0.1, -0.05) is 18.9 Å². The molecule has 2 aliphatic rings. The number of ether oxygens (including phenoxy) is 1. The van der Waals surface area contributed by atoms with E-state index in [1.807, 2.05) is 0 Å². The highest BCUT2D eigenvalue weighted by Gasteiger charge is 2.32. The predicted molar refractivity (Wildman–Crippen MR) is 104 cm³/mol. The first-order valence-electron chi connectivity index (χ1n) is 8.08. The Morgan fingerprint density at radius 2 is 1.83 bits per heavy atom. The van der Waals surface area contributed by atoms with Crippen molar-refractivity contribution in [2.45, 2.75) is 31.7 Å². The largest absolute Gasteiger partial charge is 0.496 e. The third-order valence-electron chi connectivity index (χ3n) is 4.91. The number of nitrogens with one attached hydrogen (secondary N) is 1. The fraction of sp³-hybridized carbons (Fsp3) is 0.647. The second-order valence-electron chi connectivity index (χ2n) is 6.17. The lowest BCUT2D eigenvalue weighted by molar-refractivity contribution is 0.125. The standard InChI is InChI=1S/C17H25BrN2O.2ClH/c1-21-16-7-6-14(12-15(16)18)17(13-4-2-3-5-13)20-10-8-19-9-11-20;;/h6-7,12-13,17,19H,2-5,8-11H2,1H3;2*1H/t17-;;/m0../s1. The van der Waals surface area contributed by atoms with Crippen LogP contribution >= 0.6 is 40.7 Å².